The highest BCUT2D eigenvalue weighted by molar-refractivity contribution is 4.73. The number of rotatable bonds is 9. The van der Waals surface area contributed by atoms with Gasteiger partial charge in [0.25, 0.3) is 0 Å². The standard InChI is InChI=1S/C15H30N2/c1-2-3-4-5-9-12-15(17-16)13-14-10-7-6-8-11-14/h2,14-15,17H,1,3-13,16H2. The topological polar surface area (TPSA) is 38.0 Å². The van der Waals surface area contributed by atoms with E-state index in [1.807, 2.05) is 6.08 Å². The summed E-state index contributed by atoms with van der Waals surface area (Å²) in [6.45, 7) is 3.75. The predicted octanol–water partition coefficient (Wildman–Crippen LogP) is 3.93. The molecule has 0 radical (unpaired) electrons. The van der Waals surface area contributed by atoms with Crippen LogP contribution >= 0.6 is 0 Å². The number of hydrazine groups is 1. The summed E-state index contributed by atoms with van der Waals surface area (Å²) in [5, 5.41) is 0. The molecule has 1 unspecified atom stereocenters. The zero-order valence-electron chi connectivity index (χ0n) is 11.3. The number of nitrogens with two attached hydrogens (primary N) is 1. The van der Waals surface area contributed by atoms with Crippen molar-refractivity contribution in [1.29, 1.82) is 0 Å². The fraction of sp³-hybridized carbons (Fsp3) is 0.867. The molecule has 0 aliphatic heterocycles. The van der Waals surface area contributed by atoms with Gasteiger partial charge in [0.05, 0.1) is 0 Å². The van der Waals surface area contributed by atoms with Crippen molar-refractivity contribution >= 4 is 0 Å². The summed E-state index contributed by atoms with van der Waals surface area (Å²) < 4.78 is 0. The second kappa shape index (κ2) is 9.67. The Kier molecular flexibility index (Phi) is 8.37. The molecule has 0 saturated heterocycles. The van der Waals surface area contributed by atoms with Crippen LogP contribution in [0.4, 0.5) is 0 Å². The maximum Gasteiger partial charge on any atom is 0.0213 e. The van der Waals surface area contributed by atoms with Crippen molar-refractivity contribution in [3.05, 3.63) is 12.7 Å². The molecule has 17 heavy (non-hydrogen) atoms. The third kappa shape index (κ3) is 6.85. The molecule has 1 saturated carbocycles. The molecular formula is C15H30N2. The van der Waals surface area contributed by atoms with Crippen molar-refractivity contribution in [2.45, 2.75) is 76.7 Å². The molecular weight excluding hydrogens is 208 g/mol. The Morgan fingerprint density at radius 3 is 2.59 bits per heavy atom. The molecule has 0 bridgehead atoms. The zero-order valence-corrected chi connectivity index (χ0v) is 11.3. The number of hydrogen-bond donors (Lipinski definition) is 2. The minimum atomic E-state index is 0.543. The summed E-state index contributed by atoms with van der Waals surface area (Å²) in [6.07, 6.45) is 16.8. The first-order valence-electron chi connectivity index (χ1n) is 7.44. The number of hydrogen-bond acceptors (Lipinski definition) is 2. The average molecular weight is 238 g/mol. The fourth-order valence-corrected chi connectivity index (χ4v) is 2.95. The third-order valence-corrected chi connectivity index (χ3v) is 4.04. The van der Waals surface area contributed by atoms with Crippen LogP contribution in [0, 0.1) is 5.92 Å². The van der Waals surface area contributed by atoms with E-state index in [1.165, 1.54) is 64.2 Å². The van der Waals surface area contributed by atoms with Crippen molar-refractivity contribution in [3.8, 4) is 0 Å². The largest absolute Gasteiger partial charge is 0.271 e. The van der Waals surface area contributed by atoms with Gasteiger partial charge in [-0.05, 0) is 31.6 Å². The highest BCUT2D eigenvalue weighted by Gasteiger charge is 2.17. The van der Waals surface area contributed by atoms with E-state index in [2.05, 4.69) is 12.0 Å². The molecule has 1 aliphatic carbocycles. The van der Waals surface area contributed by atoms with Crippen molar-refractivity contribution in [1.82, 2.24) is 5.43 Å². The van der Waals surface area contributed by atoms with Crippen molar-refractivity contribution < 1.29 is 0 Å². The molecule has 2 heteroatoms. The number of nitrogens with one attached hydrogen (secondary N) is 1. The van der Waals surface area contributed by atoms with Crippen LogP contribution in [0.5, 0.6) is 0 Å². The summed E-state index contributed by atoms with van der Waals surface area (Å²) in [7, 11) is 0. The van der Waals surface area contributed by atoms with Crippen LogP contribution < -0.4 is 11.3 Å². The maximum atomic E-state index is 5.66. The van der Waals surface area contributed by atoms with Gasteiger partial charge in [-0.2, -0.15) is 0 Å². The summed E-state index contributed by atoms with van der Waals surface area (Å²) in [4.78, 5) is 0. The van der Waals surface area contributed by atoms with Crippen LogP contribution in [-0.4, -0.2) is 6.04 Å². The number of allylic oxidation sites excluding steroid dienone is 1. The highest BCUT2D eigenvalue weighted by atomic mass is 15.2. The molecule has 1 aliphatic rings. The SMILES string of the molecule is C=CCCCCCC(CC1CCCCC1)NN. The van der Waals surface area contributed by atoms with Gasteiger partial charge in [-0.3, -0.25) is 11.3 Å². The Bertz CT molecular complexity index is 185. The monoisotopic (exact) mass is 238 g/mol. The van der Waals surface area contributed by atoms with Crippen molar-refractivity contribution in [2.24, 2.45) is 11.8 Å². The Morgan fingerprint density at radius 2 is 1.94 bits per heavy atom. The summed E-state index contributed by atoms with van der Waals surface area (Å²) >= 11 is 0. The second-order valence-electron chi connectivity index (χ2n) is 5.53. The van der Waals surface area contributed by atoms with Crippen LogP contribution in [0.2, 0.25) is 0 Å². The molecule has 0 spiro atoms. The van der Waals surface area contributed by atoms with Gasteiger partial charge in [0, 0.05) is 6.04 Å². The summed E-state index contributed by atoms with van der Waals surface area (Å²) in [6, 6.07) is 0.543. The molecule has 0 heterocycles. The van der Waals surface area contributed by atoms with Gasteiger partial charge in [0.1, 0.15) is 0 Å². The molecule has 1 atom stereocenters. The lowest BCUT2D eigenvalue weighted by Gasteiger charge is -2.26. The highest BCUT2D eigenvalue weighted by Crippen LogP contribution is 2.28. The van der Waals surface area contributed by atoms with E-state index in [0.717, 1.165) is 12.3 Å². The van der Waals surface area contributed by atoms with E-state index in [4.69, 9.17) is 5.84 Å². The molecule has 3 N–H and O–H groups in total. The third-order valence-electron chi connectivity index (χ3n) is 4.04. The zero-order chi connectivity index (χ0) is 12.3. The van der Waals surface area contributed by atoms with E-state index in [0.29, 0.717) is 6.04 Å². The van der Waals surface area contributed by atoms with Crippen molar-refractivity contribution in [3.63, 3.8) is 0 Å². The minimum Gasteiger partial charge on any atom is -0.271 e. The maximum absolute atomic E-state index is 5.66. The van der Waals surface area contributed by atoms with Gasteiger partial charge in [-0.25, -0.2) is 0 Å². The Balaban J connectivity index is 2.07. The minimum absolute atomic E-state index is 0.543. The van der Waals surface area contributed by atoms with E-state index in [-0.39, 0.29) is 0 Å². The molecule has 100 valence electrons. The summed E-state index contributed by atoms with van der Waals surface area (Å²) in [5.74, 6) is 6.59. The molecule has 2 nitrogen and oxygen atoms in total. The first-order chi connectivity index (χ1) is 8.36. The quantitative estimate of drug-likeness (QED) is 0.276. The second-order valence-corrected chi connectivity index (χ2v) is 5.53. The van der Waals surface area contributed by atoms with Gasteiger partial charge in [0.15, 0.2) is 0 Å². The molecule has 1 fully saturated rings. The van der Waals surface area contributed by atoms with E-state index in [1.54, 1.807) is 0 Å². The Labute approximate surface area is 107 Å². The van der Waals surface area contributed by atoms with E-state index in [9.17, 15) is 0 Å². The van der Waals surface area contributed by atoms with E-state index >= 15 is 0 Å². The molecule has 0 aromatic heterocycles. The van der Waals surface area contributed by atoms with Crippen LogP contribution in [0.15, 0.2) is 12.7 Å². The Hall–Kier alpha value is -0.340. The molecule has 0 amide bonds. The molecule has 1 rings (SSSR count). The number of unbranched alkanes of at least 4 members (excludes halogenated alkanes) is 3. The van der Waals surface area contributed by atoms with Crippen LogP contribution in [0.3, 0.4) is 0 Å². The van der Waals surface area contributed by atoms with Crippen molar-refractivity contribution in [2.75, 3.05) is 0 Å². The normalized spacial score (nSPS) is 19.1. The summed E-state index contributed by atoms with van der Waals surface area (Å²) in [5.41, 5.74) is 3.02. The Morgan fingerprint density at radius 1 is 1.18 bits per heavy atom. The first-order valence-corrected chi connectivity index (χ1v) is 7.44. The fourth-order valence-electron chi connectivity index (χ4n) is 2.95. The van der Waals surface area contributed by atoms with Gasteiger partial charge >= 0.3 is 0 Å². The lowest BCUT2D eigenvalue weighted by atomic mass is 9.84. The predicted molar refractivity (Wildman–Crippen MR) is 75.6 cm³/mol. The molecule has 0 aromatic rings. The molecule has 0 aromatic carbocycles. The first kappa shape index (κ1) is 14.7. The lowest BCUT2D eigenvalue weighted by Crippen LogP contribution is -2.36. The van der Waals surface area contributed by atoms with Gasteiger partial charge < -0.3 is 0 Å². The average Bonchev–Trinajstić information content (AvgIpc) is 2.38. The van der Waals surface area contributed by atoms with E-state index < -0.39 is 0 Å². The van der Waals surface area contributed by atoms with Crippen LogP contribution in [0.1, 0.15) is 70.6 Å². The van der Waals surface area contributed by atoms with Gasteiger partial charge in [0.2, 0.25) is 0 Å². The van der Waals surface area contributed by atoms with Gasteiger partial charge in [-0.15, -0.1) is 6.58 Å². The van der Waals surface area contributed by atoms with Crippen LogP contribution in [0.25, 0.3) is 0 Å². The van der Waals surface area contributed by atoms with Crippen LogP contribution in [-0.2, 0) is 0 Å². The lowest BCUT2D eigenvalue weighted by molar-refractivity contribution is 0.289. The smallest absolute Gasteiger partial charge is 0.0213 e. The van der Waals surface area contributed by atoms with Gasteiger partial charge in [-0.1, -0.05) is 51.0 Å².